The quantitative estimate of drug-likeness (QED) is 0.366. The highest BCUT2D eigenvalue weighted by Crippen LogP contribution is 2.32. The number of para-hydroxylation sites is 1. The van der Waals surface area contributed by atoms with Gasteiger partial charge in [0.15, 0.2) is 0 Å². The Morgan fingerprint density at radius 3 is 2.71 bits per heavy atom. The third kappa shape index (κ3) is 4.03. The van der Waals surface area contributed by atoms with Gasteiger partial charge in [0.05, 0.1) is 35.5 Å². The number of nitrogens with zero attached hydrogens (tertiary/aromatic N) is 2. The average molecular weight is 459 g/mol. The number of aromatic nitrogens is 3. The maximum absolute atomic E-state index is 13.3. The number of H-pyrrole nitrogens is 2. The van der Waals surface area contributed by atoms with Crippen LogP contribution >= 0.6 is 0 Å². The van der Waals surface area contributed by atoms with E-state index in [4.69, 9.17) is 9.72 Å². The van der Waals surface area contributed by atoms with Crippen LogP contribution in [0.2, 0.25) is 0 Å². The minimum atomic E-state index is -0.140. The van der Waals surface area contributed by atoms with Crippen molar-refractivity contribution in [3.05, 3.63) is 52.8 Å². The van der Waals surface area contributed by atoms with E-state index in [2.05, 4.69) is 43.7 Å². The predicted molar refractivity (Wildman–Crippen MR) is 137 cm³/mol. The van der Waals surface area contributed by atoms with Crippen LogP contribution in [0, 0.1) is 5.92 Å². The zero-order chi connectivity index (χ0) is 22.9. The van der Waals surface area contributed by atoms with E-state index in [0.29, 0.717) is 17.3 Å². The molecule has 0 spiro atoms. The number of piperidine rings is 1. The van der Waals surface area contributed by atoms with Crippen molar-refractivity contribution in [3.63, 3.8) is 0 Å². The van der Waals surface area contributed by atoms with Gasteiger partial charge in [-0.2, -0.15) is 0 Å². The fourth-order valence-electron chi connectivity index (χ4n) is 5.12. The first-order valence-corrected chi connectivity index (χ1v) is 12.2. The van der Waals surface area contributed by atoms with Crippen molar-refractivity contribution in [2.24, 2.45) is 5.92 Å². The highest BCUT2D eigenvalue weighted by molar-refractivity contribution is 5.99. The Morgan fingerprint density at radius 1 is 1.03 bits per heavy atom. The van der Waals surface area contributed by atoms with E-state index in [0.717, 1.165) is 92.1 Å². The average Bonchev–Trinajstić information content (AvgIpc) is 3.31. The van der Waals surface area contributed by atoms with Crippen LogP contribution in [-0.4, -0.2) is 60.9 Å². The molecule has 2 aliphatic rings. The number of nitrogens with one attached hydrogen (secondary N) is 4. The summed E-state index contributed by atoms with van der Waals surface area (Å²) in [6.07, 6.45) is 2.27. The first-order valence-electron chi connectivity index (χ1n) is 12.2. The fourth-order valence-corrected chi connectivity index (χ4v) is 5.12. The van der Waals surface area contributed by atoms with Gasteiger partial charge in [-0.25, -0.2) is 4.98 Å². The van der Waals surface area contributed by atoms with Gasteiger partial charge in [0.1, 0.15) is 11.4 Å². The summed E-state index contributed by atoms with van der Waals surface area (Å²) in [5, 5.41) is 8.07. The second kappa shape index (κ2) is 9.12. The van der Waals surface area contributed by atoms with Crippen LogP contribution in [0.3, 0.4) is 0 Å². The van der Waals surface area contributed by atoms with Gasteiger partial charge in [-0.15, -0.1) is 0 Å². The van der Waals surface area contributed by atoms with Crippen LogP contribution in [0.15, 0.2) is 47.3 Å². The Kier molecular flexibility index (Phi) is 5.68. The van der Waals surface area contributed by atoms with E-state index in [9.17, 15) is 4.79 Å². The van der Waals surface area contributed by atoms with Crippen LogP contribution in [0.5, 0.6) is 0 Å². The Labute approximate surface area is 197 Å². The molecule has 0 bridgehead atoms. The SMILES string of the molecule is O=c1[nH]c2ccccc2c(NCC2CCNCC2)c1-c1nc2ccc(N3CCOCC3)cc2[nH]1. The number of anilines is 2. The molecule has 2 aliphatic heterocycles. The van der Waals surface area contributed by atoms with Gasteiger partial charge in [0, 0.05) is 30.7 Å². The van der Waals surface area contributed by atoms with Crippen LogP contribution in [0.4, 0.5) is 11.4 Å². The first-order chi connectivity index (χ1) is 16.8. The van der Waals surface area contributed by atoms with E-state index in [-0.39, 0.29) is 5.56 Å². The molecule has 0 unspecified atom stereocenters. The second-order valence-electron chi connectivity index (χ2n) is 9.21. The zero-order valence-electron chi connectivity index (χ0n) is 19.2. The summed E-state index contributed by atoms with van der Waals surface area (Å²) in [5.74, 6) is 1.17. The number of hydrogen-bond acceptors (Lipinski definition) is 6. The molecule has 0 aliphatic carbocycles. The summed E-state index contributed by atoms with van der Waals surface area (Å²) in [5.41, 5.74) is 5.03. The standard InChI is InChI=1S/C26H30N6O2/c33-26-23(25-29-21-6-5-18(15-22(21)30-25)32-11-13-34-14-12-32)24(19-3-1-2-4-20(19)31-26)28-16-17-7-9-27-10-8-17/h1-6,15,17,27H,7-14,16H2,(H,29,30)(H2,28,31,33). The number of morpholine rings is 1. The normalized spacial score (nSPS) is 17.5. The van der Waals surface area contributed by atoms with Crippen molar-refractivity contribution in [3.8, 4) is 11.4 Å². The minimum Gasteiger partial charge on any atom is -0.383 e. The number of benzene rings is 2. The number of pyridine rings is 1. The molecule has 4 heterocycles. The van der Waals surface area contributed by atoms with Crippen LogP contribution < -0.4 is 21.1 Å². The Hall–Kier alpha value is -3.36. The van der Waals surface area contributed by atoms with Crippen LogP contribution in [0.1, 0.15) is 12.8 Å². The molecule has 176 valence electrons. The van der Waals surface area contributed by atoms with Gasteiger partial charge < -0.3 is 30.2 Å². The number of aromatic amines is 2. The van der Waals surface area contributed by atoms with E-state index >= 15 is 0 Å². The molecule has 8 heteroatoms. The largest absolute Gasteiger partial charge is 0.383 e. The molecular weight excluding hydrogens is 428 g/mol. The van der Waals surface area contributed by atoms with Crippen molar-refractivity contribution in [2.45, 2.75) is 12.8 Å². The number of hydrogen-bond donors (Lipinski definition) is 4. The van der Waals surface area contributed by atoms with Crippen LogP contribution in [0.25, 0.3) is 33.3 Å². The fraction of sp³-hybridized carbons (Fsp3) is 0.385. The summed E-state index contributed by atoms with van der Waals surface area (Å²) in [7, 11) is 0. The molecule has 0 radical (unpaired) electrons. The molecule has 0 atom stereocenters. The van der Waals surface area contributed by atoms with E-state index < -0.39 is 0 Å². The number of imidazole rings is 1. The molecular formula is C26H30N6O2. The molecule has 2 fully saturated rings. The van der Waals surface area contributed by atoms with E-state index in [1.165, 1.54) is 0 Å². The Morgan fingerprint density at radius 2 is 1.85 bits per heavy atom. The lowest BCUT2D eigenvalue weighted by atomic mass is 9.97. The smallest absolute Gasteiger partial charge is 0.261 e. The summed E-state index contributed by atoms with van der Waals surface area (Å²) in [6, 6.07) is 14.2. The summed E-state index contributed by atoms with van der Waals surface area (Å²) in [4.78, 5) is 26.9. The highest BCUT2D eigenvalue weighted by atomic mass is 16.5. The Bertz CT molecular complexity index is 1360. The van der Waals surface area contributed by atoms with Crippen molar-refractivity contribution < 1.29 is 4.74 Å². The second-order valence-corrected chi connectivity index (χ2v) is 9.21. The maximum atomic E-state index is 13.3. The van der Waals surface area contributed by atoms with E-state index in [1.807, 2.05) is 24.3 Å². The molecule has 8 nitrogen and oxygen atoms in total. The summed E-state index contributed by atoms with van der Waals surface area (Å²) in [6.45, 7) is 6.16. The molecule has 4 N–H and O–H groups in total. The Balaban J connectivity index is 1.41. The molecule has 6 rings (SSSR count). The lowest BCUT2D eigenvalue weighted by Gasteiger charge is -2.28. The third-order valence-electron chi connectivity index (χ3n) is 7.03. The monoisotopic (exact) mass is 458 g/mol. The number of fused-ring (bicyclic) bond motifs is 2. The molecule has 0 saturated carbocycles. The van der Waals surface area contributed by atoms with Crippen molar-refractivity contribution >= 4 is 33.3 Å². The molecule has 4 aromatic rings. The van der Waals surface area contributed by atoms with Crippen molar-refractivity contribution in [1.82, 2.24) is 20.3 Å². The summed E-state index contributed by atoms with van der Waals surface area (Å²) < 4.78 is 5.49. The van der Waals surface area contributed by atoms with Gasteiger partial charge in [0.2, 0.25) is 0 Å². The van der Waals surface area contributed by atoms with Gasteiger partial charge in [-0.05, 0) is 56.1 Å². The molecule has 0 amide bonds. The number of ether oxygens (including phenoxy) is 1. The molecule has 2 aromatic carbocycles. The van der Waals surface area contributed by atoms with Crippen LogP contribution in [-0.2, 0) is 4.74 Å². The van der Waals surface area contributed by atoms with Gasteiger partial charge in [-0.1, -0.05) is 18.2 Å². The molecule has 34 heavy (non-hydrogen) atoms. The number of rotatable bonds is 5. The lowest BCUT2D eigenvalue weighted by molar-refractivity contribution is 0.122. The molecule has 2 saturated heterocycles. The summed E-state index contributed by atoms with van der Waals surface area (Å²) >= 11 is 0. The van der Waals surface area contributed by atoms with Gasteiger partial charge in [0.25, 0.3) is 5.56 Å². The predicted octanol–water partition coefficient (Wildman–Crippen LogP) is 3.32. The topological polar surface area (TPSA) is 98.1 Å². The van der Waals surface area contributed by atoms with Crippen molar-refractivity contribution in [1.29, 1.82) is 0 Å². The van der Waals surface area contributed by atoms with Gasteiger partial charge in [-0.3, -0.25) is 4.79 Å². The third-order valence-corrected chi connectivity index (χ3v) is 7.03. The van der Waals surface area contributed by atoms with Crippen molar-refractivity contribution in [2.75, 3.05) is 56.2 Å². The zero-order valence-corrected chi connectivity index (χ0v) is 19.2. The van der Waals surface area contributed by atoms with Gasteiger partial charge >= 0.3 is 0 Å². The van der Waals surface area contributed by atoms with E-state index in [1.54, 1.807) is 0 Å². The highest BCUT2D eigenvalue weighted by Gasteiger charge is 2.20. The minimum absolute atomic E-state index is 0.140. The first kappa shape index (κ1) is 21.2. The maximum Gasteiger partial charge on any atom is 0.261 e. The molecule has 2 aromatic heterocycles. The lowest BCUT2D eigenvalue weighted by Crippen LogP contribution is -2.36.